The highest BCUT2D eigenvalue weighted by atomic mass is 32.2. The Balaban J connectivity index is 2.10. The fourth-order valence-corrected chi connectivity index (χ4v) is 3.41. The van der Waals surface area contributed by atoms with Crippen LogP contribution in [0.15, 0.2) is 53.4 Å². The van der Waals surface area contributed by atoms with E-state index in [1.165, 1.54) is 5.56 Å². The van der Waals surface area contributed by atoms with E-state index in [4.69, 9.17) is 4.74 Å². The number of ether oxygens (including phenoxy) is 1. The first-order valence-electron chi connectivity index (χ1n) is 6.90. The molecule has 1 N–H and O–H groups in total. The molecule has 21 heavy (non-hydrogen) atoms. The van der Waals surface area contributed by atoms with Crippen molar-refractivity contribution in [2.75, 3.05) is 19.9 Å². The predicted octanol–water partition coefficient (Wildman–Crippen LogP) is 3.07. The third-order valence-corrected chi connectivity index (χ3v) is 4.90. The van der Waals surface area contributed by atoms with Crippen molar-refractivity contribution in [2.24, 2.45) is 0 Å². The Kier molecular flexibility index (Phi) is 5.53. The monoisotopic (exact) mass is 303 g/mol. The molecule has 0 fully saturated rings. The summed E-state index contributed by atoms with van der Waals surface area (Å²) < 4.78 is 17.6. The Morgan fingerprint density at radius 2 is 1.71 bits per heavy atom. The van der Waals surface area contributed by atoms with E-state index in [1.807, 2.05) is 62.5 Å². The zero-order valence-corrected chi connectivity index (χ0v) is 13.4. The largest absolute Gasteiger partial charge is 0.497 e. The van der Waals surface area contributed by atoms with Crippen LogP contribution in [0, 0.1) is 6.92 Å². The molecule has 2 aromatic rings. The maximum atomic E-state index is 12.5. The van der Waals surface area contributed by atoms with Gasteiger partial charge in [-0.1, -0.05) is 29.8 Å². The van der Waals surface area contributed by atoms with Crippen LogP contribution in [-0.4, -0.2) is 24.1 Å². The molecule has 0 amide bonds. The van der Waals surface area contributed by atoms with Gasteiger partial charge >= 0.3 is 0 Å². The van der Waals surface area contributed by atoms with Crippen LogP contribution >= 0.6 is 0 Å². The molecule has 3 nitrogen and oxygen atoms in total. The van der Waals surface area contributed by atoms with Gasteiger partial charge in [0.25, 0.3) is 0 Å². The molecular weight excluding hydrogens is 282 g/mol. The standard InChI is InChI=1S/C17H21NO2S/c1-13-4-10-16(11-5-13)21(19)12-17(18-2)14-6-8-15(20-3)9-7-14/h4-11,17-18H,12H2,1-3H3. The molecule has 0 spiro atoms. The van der Waals surface area contributed by atoms with Crippen molar-refractivity contribution in [3.63, 3.8) is 0 Å². The molecular formula is C17H21NO2S. The number of nitrogens with one attached hydrogen (secondary N) is 1. The summed E-state index contributed by atoms with van der Waals surface area (Å²) in [6.45, 7) is 2.03. The average molecular weight is 303 g/mol. The van der Waals surface area contributed by atoms with Crippen molar-refractivity contribution in [3.05, 3.63) is 59.7 Å². The Labute approximate surface area is 128 Å². The summed E-state index contributed by atoms with van der Waals surface area (Å²) in [7, 11) is 2.52. The lowest BCUT2D eigenvalue weighted by molar-refractivity contribution is 0.414. The smallest absolute Gasteiger partial charge is 0.118 e. The summed E-state index contributed by atoms with van der Waals surface area (Å²) >= 11 is 0. The normalized spacial score (nSPS) is 13.7. The van der Waals surface area contributed by atoms with Crippen molar-refractivity contribution in [2.45, 2.75) is 17.9 Å². The van der Waals surface area contributed by atoms with Gasteiger partial charge in [-0.3, -0.25) is 4.21 Å². The van der Waals surface area contributed by atoms with Crippen molar-refractivity contribution in [1.29, 1.82) is 0 Å². The molecule has 0 aromatic heterocycles. The van der Waals surface area contributed by atoms with Crippen LogP contribution < -0.4 is 10.1 Å². The molecule has 0 aliphatic carbocycles. The van der Waals surface area contributed by atoms with Gasteiger partial charge in [0.1, 0.15) is 5.75 Å². The third-order valence-electron chi connectivity index (χ3n) is 3.47. The van der Waals surface area contributed by atoms with Crippen LogP contribution in [0.2, 0.25) is 0 Å². The summed E-state index contributed by atoms with van der Waals surface area (Å²) in [5.41, 5.74) is 2.29. The van der Waals surface area contributed by atoms with Crippen molar-refractivity contribution in [3.8, 4) is 5.75 Å². The summed E-state index contributed by atoms with van der Waals surface area (Å²) in [5, 5.41) is 3.23. The number of aryl methyl sites for hydroxylation is 1. The Hall–Kier alpha value is -1.65. The maximum absolute atomic E-state index is 12.5. The second-order valence-electron chi connectivity index (χ2n) is 4.94. The molecule has 2 atom stereocenters. The van der Waals surface area contributed by atoms with Crippen LogP contribution in [-0.2, 0) is 10.8 Å². The molecule has 2 rings (SSSR count). The van der Waals surface area contributed by atoms with Crippen LogP contribution in [0.4, 0.5) is 0 Å². The Morgan fingerprint density at radius 1 is 1.10 bits per heavy atom. The van der Waals surface area contributed by atoms with Gasteiger partial charge in [-0.05, 0) is 43.8 Å². The quantitative estimate of drug-likeness (QED) is 0.891. The molecule has 4 heteroatoms. The summed E-state index contributed by atoms with van der Waals surface area (Å²) in [6.07, 6.45) is 0. The molecule has 0 radical (unpaired) electrons. The van der Waals surface area contributed by atoms with E-state index < -0.39 is 10.8 Å². The van der Waals surface area contributed by atoms with E-state index in [0.717, 1.165) is 16.2 Å². The van der Waals surface area contributed by atoms with E-state index in [0.29, 0.717) is 5.75 Å². The van der Waals surface area contributed by atoms with Gasteiger partial charge in [0.05, 0.1) is 17.9 Å². The first kappa shape index (κ1) is 15.7. The molecule has 112 valence electrons. The zero-order valence-electron chi connectivity index (χ0n) is 12.6. The highest BCUT2D eigenvalue weighted by molar-refractivity contribution is 7.85. The second kappa shape index (κ2) is 7.38. The van der Waals surface area contributed by atoms with E-state index in [1.54, 1.807) is 7.11 Å². The highest BCUT2D eigenvalue weighted by Gasteiger charge is 2.14. The number of methoxy groups -OCH3 is 1. The predicted molar refractivity (Wildman–Crippen MR) is 87.2 cm³/mol. The van der Waals surface area contributed by atoms with Gasteiger partial charge < -0.3 is 10.1 Å². The molecule has 0 bridgehead atoms. The molecule has 0 heterocycles. The van der Waals surface area contributed by atoms with Gasteiger partial charge in [0.15, 0.2) is 0 Å². The minimum absolute atomic E-state index is 0.0537. The molecule has 0 saturated heterocycles. The Morgan fingerprint density at radius 3 is 2.24 bits per heavy atom. The third kappa shape index (κ3) is 4.16. The zero-order chi connectivity index (χ0) is 15.2. The lowest BCUT2D eigenvalue weighted by Crippen LogP contribution is -2.22. The minimum atomic E-state index is -1.02. The lowest BCUT2D eigenvalue weighted by atomic mass is 10.1. The van der Waals surface area contributed by atoms with Crippen molar-refractivity contribution < 1.29 is 8.95 Å². The number of benzene rings is 2. The second-order valence-corrected chi connectivity index (χ2v) is 6.44. The van der Waals surface area contributed by atoms with Crippen LogP contribution in [0.1, 0.15) is 17.2 Å². The van der Waals surface area contributed by atoms with Gasteiger partial charge in [0.2, 0.25) is 0 Å². The first-order chi connectivity index (χ1) is 10.1. The molecule has 0 saturated carbocycles. The summed E-state index contributed by atoms with van der Waals surface area (Å²) in [5.74, 6) is 1.37. The maximum Gasteiger partial charge on any atom is 0.118 e. The minimum Gasteiger partial charge on any atom is -0.497 e. The Bertz CT molecular complexity index is 593. The summed E-state index contributed by atoms with van der Waals surface area (Å²) in [6, 6.07) is 15.8. The number of rotatable bonds is 6. The SMILES string of the molecule is CNC(CS(=O)c1ccc(C)cc1)c1ccc(OC)cc1. The number of hydrogen-bond acceptors (Lipinski definition) is 3. The highest BCUT2D eigenvalue weighted by Crippen LogP contribution is 2.20. The van der Waals surface area contributed by atoms with Crippen LogP contribution in [0.3, 0.4) is 0 Å². The van der Waals surface area contributed by atoms with Gasteiger partial charge in [0, 0.05) is 16.7 Å². The van der Waals surface area contributed by atoms with E-state index in [-0.39, 0.29) is 6.04 Å². The lowest BCUT2D eigenvalue weighted by Gasteiger charge is -2.16. The van der Waals surface area contributed by atoms with Gasteiger partial charge in [-0.25, -0.2) is 0 Å². The van der Waals surface area contributed by atoms with E-state index in [2.05, 4.69) is 5.32 Å². The molecule has 0 aliphatic heterocycles. The van der Waals surface area contributed by atoms with Crippen molar-refractivity contribution in [1.82, 2.24) is 5.32 Å². The van der Waals surface area contributed by atoms with Gasteiger partial charge in [-0.2, -0.15) is 0 Å². The average Bonchev–Trinajstić information content (AvgIpc) is 2.53. The first-order valence-corrected chi connectivity index (χ1v) is 8.22. The fraction of sp³-hybridized carbons (Fsp3) is 0.294. The topological polar surface area (TPSA) is 38.3 Å². The fourth-order valence-electron chi connectivity index (χ4n) is 2.12. The number of hydrogen-bond donors (Lipinski definition) is 1. The molecule has 2 aromatic carbocycles. The summed E-state index contributed by atoms with van der Waals surface area (Å²) in [4.78, 5) is 0.870. The van der Waals surface area contributed by atoms with Crippen LogP contribution in [0.25, 0.3) is 0 Å². The molecule has 0 aliphatic rings. The van der Waals surface area contributed by atoms with Crippen molar-refractivity contribution >= 4 is 10.8 Å². The van der Waals surface area contributed by atoms with E-state index in [9.17, 15) is 4.21 Å². The van der Waals surface area contributed by atoms with E-state index >= 15 is 0 Å². The molecule has 2 unspecified atom stereocenters. The van der Waals surface area contributed by atoms with Gasteiger partial charge in [-0.15, -0.1) is 0 Å². The van der Waals surface area contributed by atoms with Crippen LogP contribution in [0.5, 0.6) is 5.75 Å².